The van der Waals surface area contributed by atoms with Crippen LogP contribution in [0.3, 0.4) is 0 Å². The fourth-order valence-corrected chi connectivity index (χ4v) is 3.95. The second-order valence-corrected chi connectivity index (χ2v) is 8.54. The van der Waals surface area contributed by atoms with E-state index in [2.05, 4.69) is 5.32 Å². The molecular weight excluding hydrogens is 438 g/mol. The lowest BCUT2D eigenvalue weighted by Gasteiger charge is -2.33. The molecule has 33 heavy (non-hydrogen) atoms. The van der Waals surface area contributed by atoms with Crippen LogP contribution in [0.15, 0.2) is 60.7 Å². The van der Waals surface area contributed by atoms with Gasteiger partial charge >= 0.3 is 0 Å². The molecule has 1 N–H and O–H groups in total. The number of nitrogens with zero attached hydrogens (tertiary/aromatic N) is 2. The highest BCUT2D eigenvalue weighted by atomic mass is 35.5. The van der Waals surface area contributed by atoms with Crippen molar-refractivity contribution in [3.05, 3.63) is 76.8 Å². The monoisotopic (exact) mass is 467 g/mol. The third-order valence-corrected chi connectivity index (χ3v) is 6.06. The molecule has 0 radical (unpaired) electrons. The molecule has 174 valence electrons. The molecular formula is C26H30ClN3O3. The summed E-state index contributed by atoms with van der Waals surface area (Å²) in [6, 6.07) is 16.9. The highest BCUT2D eigenvalue weighted by molar-refractivity contribution is 6.30. The van der Waals surface area contributed by atoms with E-state index in [9.17, 15) is 14.4 Å². The zero-order valence-corrected chi connectivity index (χ0v) is 19.6. The number of nitrogens with one attached hydrogen (secondary N) is 1. The summed E-state index contributed by atoms with van der Waals surface area (Å²) in [6.45, 7) is 3.83. The third kappa shape index (κ3) is 7.46. The van der Waals surface area contributed by atoms with Gasteiger partial charge in [-0.05, 0) is 49.1 Å². The number of piperidine rings is 1. The largest absolute Gasteiger partial charge is 0.350 e. The molecule has 2 aromatic carbocycles. The summed E-state index contributed by atoms with van der Waals surface area (Å²) < 4.78 is 0. The molecule has 1 heterocycles. The lowest BCUT2D eigenvalue weighted by Crippen LogP contribution is -2.46. The van der Waals surface area contributed by atoms with Gasteiger partial charge in [0.2, 0.25) is 17.7 Å². The summed E-state index contributed by atoms with van der Waals surface area (Å²) in [6.07, 6.45) is 4.60. The quantitative estimate of drug-likeness (QED) is 0.601. The summed E-state index contributed by atoms with van der Waals surface area (Å²) in [4.78, 5) is 41.2. The second kappa shape index (κ2) is 12.2. The Labute approximate surface area is 200 Å². The number of hydrogen-bond donors (Lipinski definition) is 1. The Hall–Kier alpha value is -3.12. The molecule has 1 saturated heterocycles. The molecule has 0 unspecified atom stereocenters. The van der Waals surface area contributed by atoms with E-state index in [-0.39, 0.29) is 30.2 Å². The molecule has 0 spiro atoms. The molecule has 7 heteroatoms. The van der Waals surface area contributed by atoms with Crippen LogP contribution in [0.1, 0.15) is 30.9 Å². The fourth-order valence-electron chi connectivity index (χ4n) is 3.82. The molecule has 0 aliphatic carbocycles. The van der Waals surface area contributed by atoms with Crippen molar-refractivity contribution in [1.82, 2.24) is 15.1 Å². The number of benzene rings is 2. The topological polar surface area (TPSA) is 69.7 Å². The average molecular weight is 468 g/mol. The van der Waals surface area contributed by atoms with Gasteiger partial charge < -0.3 is 15.1 Å². The maximum atomic E-state index is 13.0. The van der Waals surface area contributed by atoms with Crippen molar-refractivity contribution in [2.24, 2.45) is 5.92 Å². The smallest absolute Gasteiger partial charge is 0.246 e. The van der Waals surface area contributed by atoms with Gasteiger partial charge in [-0.15, -0.1) is 0 Å². The Morgan fingerprint density at radius 2 is 1.73 bits per heavy atom. The van der Waals surface area contributed by atoms with Gasteiger partial charge in [0.25, 0.3) is 0 Å². The van der Waals surface area contributed by atoms with E-state index in [0.717, 1.165) is 11.1 Å². The Bertz CT molecular complexity index is 968. The highest BCUT2D eigenvalue weighted by Crippen LogP contribution is 2.20. The molecule has 3 amide bonds. The SMILES string of the molecule is CCN(CC(=O)NCc1ccc(Cl)cc1)C(=O)C1CCN(C(=O)/C=C/c2ccccc2)CC1. The van der Waals surface area contributed by atoms with Gasteiger partial charge in [0.05, 0.1) is 6.54 Å². The summed E-state index contributed by atoms with van der Waals surface area (Å²) >= 11 is 5.88. The van der Waals surface area contributed by atoms with Crippen LogP contribution in [0.5, 0.6) is 0 Å². The van der Waals surface area contributed by atoms with Gasteiger partial charge in [-0.3, -0.25) is 14.4 Å². The number of likely N-dealkylation sites (tertiary alicyclic amines) is 1. The van der Waals surface area contributed by atoms with Gasteiger partial charge in [0, 0.05) is 43.2 Å². The van der Waals surface area contributed by atoms with Crippen molar-refractivity contribution in [3.8, 4) is 0 Å². The lowest BCUT2D eigenvalue weighted by atomic mass is 9.95. The average Bonchev–Trinajstić information content (AvgIpc) is 2.85. The standard InChI is InChI=1S/C26H30ClN3O3/c1-2-29(19-24(31)28-18-21-8-11-23(27)12-9-21)26(33)22-14-16-30(17-15-22)25(32)13-10-20-6-4-3-5-7-20/h3-13,22H,2,14-19H2,1H3,(H,28,31)/b13-10+. The molecule has 1 aliphatic heterocycles. The minimum absolute atomic E-state index is 0.0222. The summed E-state index contributed by atoms with van der Waals surface area (Å²) in [5, 5.41) is 3.50. The Kier molecular flexibility index (Phi) is 9.07. The van der Waals surface area contributed by atoms with Crippen LogP contribution in [-0.2, 0) is 20.9 Å². The van der Waals surface area contributed by atoms with E-state index in [1.54, 1.807) is 34.1 Å². The van der Waals surface area contributed by atoms with Crippen LogP contribution in [0, 0.1) is 5.92 Å². The number of likely N-dealkylation sites (N-methyl/N-ethyl adjacent to an activating group) is 1. The molecule has 0 bridgehead atoms. The fraction of sp³-hybridized carbons (Fsp3) is 0.346. The van der Waals surface area contributed by atoms with Crippen LogP contribution in [0.4, 0.5) is 0 Å². The van der Waals surface area contributed by atoms with Gasteiger partial charge in [0.1, 0.15) is 0 Å². The Morgan fingerprint density at radius 1 is 1.06 bits per heavy atom. The first kappa shape index (κ1) is 24.5. The summed E-state index contributed by atoms with van der Waals surface area (Å²) in [5.74, 6) is -0.431. The number of carbonyl (C=O) groups is 3. The predicted molar refractivity (Wildman–Crippen MR) is 130 cm³/mol. The molecule has 0 aromatic heterocycles. The first-order valence-corrected chi connectivity index (χ1v) is 11.7. The molecule has 2 aromatic rings. The summed E-state index contributed by atoms with van der Waals surface area (Å²) in [7, 11) is 0. The number of amides is 3. The van der Waals surface area contributed by atoms with Gasteiger partial charge in [-0.25, -0.2) is 0 Å². The second-order valence-electron chi connectivity index (χ2n) is 8.10. The van der Waals surface area contributed by atoms with Gasteiger partial charge in [-0.2, -0.15) is 0 Å². The molecule has 3 rings (SSSR count). The Morgan fingerprint density at radius 3 is 2.36 bits per heavy atom. The normalized spacial score (nSPS) is 14.3. The molecule has 0 saturated carbocycles. The van der Waals surface area contributed by atoms with E-state index in [0.29, 0.717) is 44.0 Å². The van der Waals surface area contributed by atoms with Gasteiger partial charge in [-0.1, -0.05) is 54.1 Å². The first-order chi connectivity index (χ1) is 16.0. The van der Waals surface area contributed by atoms with Gasteiger partial charge in [0.15, 0.2) is 0 Å². The number of carbonyl (C=O) groups excluding carboxylic acids is 3. The first-order valence-electron chi connectivity index (χ1n) is 11.3. The molecule has 1 aliphatic rings. The molecule has 0 atom stereocenters. The van der Waals surface area contributed by atoms with Crippen molar-refractivity contribution in [3.63, 3.8) is 0 Å². The van der Waals surface area contributed by atoms with Crippen LogP contribution < -0.4 is 5.32 Å². The summed E-state index contributed by atoms with van der Waals surface area (Å²) in [5.41, 5.74) is 1.92. The zero-order valence-electron chi connectivity index (χ0n) is 18.9. The molecule has 6 nitrogen and oxygen atoms in total. The van der Waals surface area contributed by atoms with Crippen molar-refractivity contribution in [2.75, 3.05) is 26.2 Å². The van der Waals surface area contributed by atoms with E-state index < -0.39 is 0 Å². The number of rotatable bonds is 8. The number of hydrogen-bond acceptors (Lipinski definition) is 3. The molecule has 1 fully saturated rings. The van der Waals surface area contributed by atoms with E-state index in [1.165, 1.54) is 0 Å². The predicted octanol–water partition coefficient (Wildman–Crippen LogP) is 3.76. The minimum Gasteiger partial charge on any atom is -0.350 e. The minimum atomic E-state index is -0.196. The maximum absolute atomic E-state index is 13.0. The van der Waals surface area contributed by atoms with Crippen LogP contribution in [0.25, 0.3) is 6.08 Å². The van der Waals surface area contributed by atoms with Crippen molar-refractivity contribution in [1.29, 1.82) is 0 Å². The van der Waals surface area contributed by atoms with Crippen molar-refractivity contribution in [2.45, 2.75) is 26.3 Å². The van der Waals surface area contributed by atoms with E-state index in [4.69, 9.17) is 11.6 Å². The maximum Gasteiger partial charge on any atom is 0.246 e. The van der Waals surface area contributed by atoms with Crippen LogP contribution in [-0.4, -0.2) is 53.7 Å². The third-order valence-electron chi connectivity index (χ3n) is 5.80. The van der Waals surface area contributed by atoms with Crippen molar-refractivity contribution >= 4 is 35.4 Å². The van der Waals surface area contributed by atoms with E-state index in [1.807, 2.05) is 49.4 Å². The van der Waals surface area contributed by atoms with E-state index >= 15 is 0 Å². The highest BCUT2D eigenvalue weighted by Gasteiger charge is 2.30. The lowest BCUT2D eigenvalue weighted by molar-refractivity contribution is -0.141. The Balaban J connectivity index is 1.44. The van der Waals surface area contributed by atoms with Crippen molar-refractivity contribution < 1.29 is 14.4 Å². The van der Waals surface area contributed by atoms with Crippen LogP contribution in [0.2, 0.25) is 5.02 Å². The van der Waals surface area contributed by atoms with Crippen LogP contribution >= 0.6 is 11.6 Å². The number of halogens is 1. The zero-order chi connectivity index (χ0) is 23.6.